The zero-order chi connectivity index (χ0) is 17.8. The van der Waals surface area contributed by atoms with Crippen LogP contribution in [-0.4, -0.2) is 17.4 Å². The summed E-state index contributed by atoms with van der Waals surface area (Å²) < 4.78 is 0. The molecule has 0 spiro atoms. The maximum absolute atomic E-state index is 12.5. The van der Waals surface area contributed by atoms with Gasteiger partial charge < -0.3 is 10.2 Å². The molecule has 0 fully saturated rings. The van der Waals surface area contributed by atoms with Crippen LogP contribution < -0.4 is 5.32 Å². The summed E-state index contributed by atoms with van der Waals surface area (Å²) in [7, 11) is 0. The number of nitriles is 1. The molecule has 0 atom stereocenters. The zero-order valence-corrected chi connectivity index (χ0v) is 14.7. The third kappa shape index (κ3) is 4.01. The molecule has 0 aromatic heterocycles. The molecule has 0 saturated carbocycles. The molecule has 5 heteroatoms. The molecule has 1 N–H and O–H groups in total. The van der Waals surface area contributed by atoms with Crippen molar-refractivity contribution in [2.24, 2.45) is 0 Å². The molecular weight excluding hydrogens is 334 g/mol. The van der Waals surface area contributed by atoms with Crippen LogP contribution in [0.25, 0.3) is 0 Å². The predicted molar refractivity (Wildman–Crippen MR) is 99.1 cm³/mol. The first-order valence-electron chi connectivity index (χ1n) is 8.07. The topological polar surface area (TPSA) is 56.1 Å². The van der Waals surface area contributed by atoms with Crippen molar-refractivity contribution in [1.82, 2.24) is 4.90 Å². The Balaban J connectivity index is 1.76. The minimum absolute atomic E-state index is 0.0822. The SMILES string of the molecule is Cc1ccc(Cl)cc1NC(=O)/C(C#N)=C\N1CCc2ccccc2C1. The Morgan fingerprint density at radius 2 is 2.04 bits per heavy atom. The first-order valence-corrected chi connectivity index (χ1v) is 8.45. The molecule has 4 nitrogen and oxygen atoms in total. The highest BCUT2D eigenvalue weighted by Crippen LogP contribution is 2.22. The summed E-state index contributed by atoms with van der Waals surface area (Å²) in [6.45, 7) is 3.36. The van der Waals surface area contributed by atoms with Crippen LogP contribution in [0.3, 0.4) is 0 Å². The number of halogens is 1. The number of aryl methyl sites for hydroxylation is 1. The Hall–Kier alpha value is -2.77. The first-order chi connectivity index (χ1) is 12.1. The van der Waals surface area contributed by atoms with Crippen LogP contribution in [0, 0.1) is 18.3 Å². The van der Waals surface area contributed by atoms with Gasteiger partial charge in [-0.25, -0.2) is 0 Å². The van der Waals surface area contributed by atoms with E-state index in [4.69, 9.17) is 11.6 Å². The van der Waals surface area contributed by atoms with E-state index in [2.05, 4.69) is 17.4 Å². The zero-order valence-electron chi connectivity index (χ0n) is 13.9. The van der Waals surface area contributed by atoms with Gasteiger partial charge in [0.15, 0.2) is 0 Å². The average molecular weight is 352 g/mol. The lowest BCUT2D eigenvalue weighted by molar-refractivity contribution is -0.112. The molecule has 126 valence electrons. The molecular formula is C20H18ClN3O. The summed E-state index contributed by atoms with van der Waals surface area (Å²) >= 11 is 5.98. The number of carbonyl (C=O) groups excluding carboxylic acids is 1. The van der Waals surface area contributed by atoms with Crippen LogP contribution in [0.2, 0.25) is 5.02 Å². The third-order valence-electron chi connectivity index (χ3n) is 4.28. The quantitative estimate of drug-likeness (QED) is 0.670. The van der Waals surface area contributed by atoms with Crippen molar-refractivity contribution in [1.29, 1.82) is 5.26 Å². The largest absolute Gasteiger partial charge is 0.371 e. The van der Waals surface area contributed by atoms with Crippen molar-refractivity contribution >= 4 is 23.2 Å². The van der Waals surface area contributed by atoms with Crippen molar-refractivity contribution in [3.05, 3.63) is 76.0 Å². The van der Waals surface area contributed by atoms with Crippen molar-refractivity contribution in [2.75, 3.05) is 11.9 Å². The van der Waals surface area contributed by atoms with E-state index in [9.17, 15) is 10.1 Å². The second-order valence-electron chi connectivity index (χ2n) is 6.06. The molecule has 3 rings (SSSR count). The lowest BCUT2D eigenvalue weighted by Gasteiger charge is -2.27. The molecule has 2 aromatic carbocycles. The van der Waals surface area contributed by atoms with Gasteiger partial charge in [0.1, 0.15) is 11.6 Å². The van der Waals surface area contributed by atoms with Gasteiger partial charge in [0.05, 0.1) is 0 Å². The predicted octanol–water partition coefficient (Wildman–Crippen LogP) is 4.05. The summed E-state index contributed by atoms with van der Waals surface area (Å²) in [6, 6.07) is 15.5. The molecule has 1 heterocycles. The van der Waals surface area contributed by atoms with Crippen LogP contribution in [0.1, 0.15) is 16.7 Å². The molecule has 1 amide bonds. The summed E-state index contributed by atoms with van der Waals surface area (Å²) in [5.41, 5.74) is 4.14. The highest BCUT2D eigenvalue weighted by Gasteiger charge is 2.17. The molecule has 0 aliphatic carbocycles. The summed E-state index contributed by atoms with van der Waals surface area (Å²) in [5.74, 6) is -0.424. The van der Waals surface area contributed by atoms with Crippen molar-refractivity contribution in [2.45, 2.75) is 19.9 Å². The Bertz CT molecular complexity index is 883. The van der Waals surface area contributed by atoms with Crippen LogP contribution in [0.4, 0.5) is 5.69 Å². The van der Waals surface area contributed by atoms with E-state index in [0.717, 1.165) is 18.5 Å². The fraction of sp³-hybridized carbons (Fsp3) is 0.200. The number of hydrogen-bond donors (Lipinski definition) is 1. The Morgan fingerprint density at radius 3 is 2.80 bits per heavy atom. The Kier molecular flexibility index (Phi) is 5.06. The van der Waals surface area contributed by atoms with Gasteiger partial charge in [-0.1, -0.05) is 41.9 Å². The number of nitrogens with zero attached hydrogens (tertiary/aromatic N) is 2. The number of amides is 1. The second kappa shape index (κ2) is 7.42. The van der Waals surface area contributed by atoms with Crippen molar-refractivity contribution in [3.63, 3.8) is 0 Å². The summed E-state index contributed by atoms with van der Waals surface area (Å²) in [6.07, 6.45) is 2.55. The monoisotopic (exact) mass is 351 g/mol. The van der Waals surface area contributed by atoms with E-state index >= 15 is 0 Å². The Labute approximate surface area is 152 Å². The van der Waals surface area contributed by atoms with Crippen molar-refractivity contribution in [3.8, 4) is 6.07 Å². The number of benzene rings is 2. The summed E-state index contributed by atoms with van der Waals surface area (Å²) in [4.78, 5) is 14.5. The lowest BCUT2D eigenvalue weighted by Crippen LogP contribution is -2.27. The Morgan fingerprint density at radius 1 is 1.28 bits per heavy atom. The minimum Gasteiger partial charge on any atom is -0.371 e. The maximum atomic E-state index is 12.5. The molecule has 25 heavy (non-hydrogen) atoms. The highest BCUT2D eigenvalue weighted by atomic mass is 35.5. The fourth-order valence-electron chi connectivity index (χ4n) is 2.87. The second-order valence-corrected chi connectivity index (χ2v) is 6.49. The third-order valence-corrected chi connectivity index (χ3v) is 4.52. The van der Waals surface area contributed by atoms with E-state index < -0.39 is 5.91 Å². The lowest BCUT2D eigenvalue weighted by atomic mass is 10.00. The van der Waals surface area contributed by atoms with E-state index in [1.165, 1.54) is 11.1 Å². The fourth-order valence-corrected chi connectivity index (χ4v) is 3.04. The maximum Gasteiger partial charge on any atom is 0.267 e. The average Bonchev–Trinajstić information content (AvgIpc) is 2.62. The van der Waals surface area contributed by atoms with E-state index in [1.807, 2.05) is 36.1 Å². The number of hydrogen-bond acceptors (Lipinski definition) is 3. The van der Waals surface area contributed by atoms with E-state index in [-0.39, 0.29) is 5.57 Å². The molecule has 2 aromatic rings. The molecule has 0 saturated heterocycles. The van der Waals surface area contributed by atoms with Crippen LogP contribution in [0.5, 0.6) is 0 Å². The van der Waals surface area contributed by atoms with Gasteiger partial charge in [0.2, 0.25) is 0 Å². The van der Waals surface area contributed by atoms with Gasteiger partial charge in [-0.2, -0.15) is 5.26 Å². The molecule has 0 bridgehead atoms. The minimum atomic E-state index is -0.424. The van der Waals surface area contributed by atoms with Gasteiger partial charge in [-0.3, -0.25) is 4.79 Å². The van der Waals surface area contributed by atoms with Crippen LogP contribution in [-0.2, 0) is 17.8 Å². The molecule has 1 aliphatic heterocycles. The van der Waals surface area contributed by atoms with E-state index in [1.54, 1.807) is 18.3 Å². The summed E-state index contributed by atoms with van der Waals surface area (Å²) in [5, 5.41) is 12.7. The number of fused-ring (bicyclic) bond motifs is 1. The standard InChI is InChI=1S/C20H18ClN3O/c1-14-6-7-18(21)10-19(14)23-20(25)17(11-22)13-24-9-8-15-4-2-3-5-16(15)12-24/h2-7,10,13H,8-9,12H2,1H3,(H,23,25)/b17-13-. The molecule has 0 radical (unpaired) electrons. The van der Waals surface area contributed by atoms with Crippen LogP contribution >= 0.6 is 11.6 Å². The van der Waals surface area contributed by atoms with E-state index in [0.29, 0.717) is 17.3 Å². The number of carbonyl (C=O) groups is 1. The molecule has 0 unspecified atom stereocenters. The van der Waals surface area contributed by atoms with Gasteiger partial charge in [0.25, 0.3) is 5.91 Å². The number of anilines is 1. The normalized spacial score (nSPS) is 13.8. The van der Waals surface area contributed by atoms with Gasteiger partial charge in [-0.15, -0.1) is 0 Å². The smallest absolute Gasteiger partial charge is 0.267 e. The van der Waals surface area contributed by atoms with Crippen molar-refractivity contribution < 1.29 is 4.79 Å². The van der Waals surface area contributed by atoms with Crippen LogP contribution in [0.15, 0.2) is 54.2 Å². The number of nitrogens with one attached hydrogen (secondary N) is 1. The number of rotatable bonds is 3. The molecule has 1 aliphatic rings. The van der Waals surface area contributed by atoms with Gasteiger partial charge in [-0.05, 0) is 42.2 Å². The first kappa shape index (κ1) is 17.1. The van der Waals surface area contributed by atoms with Gasteiger partial charge >= 0.3 is 0 Å². The van der Waals surface area contributed by atoms with Gasteiger partial charge in [0, 0.05) is 30.0 Å². The highest BCUT2D eigenvalue weighted by molar-refractivity contribution is 6.31.